The SMILES string of the molecule is CCCNc1ncnc(NC2CCCC(C)(C)C2)c1OC. The highest BCUT2D eigenvalue weighted by Gasteiger charge is 2.28. The van der Waals surface area contributed by atoms with Crippen molar-refractivity contribution in [2.75, 3.05) is 24.3 Å². The number of nitrogens with zero attached hydrogens (tertiary/aromatic N) is 2. The van der Waals surface area contributed by atoms with Crippen LogP contribution in [0.1, 0.15) is 52.9 Å². The molecule has 1 aliphatic rings. The van der Waals surface area contributed by atoms with E-state index in [0.717, 1.165) is 31.0 Å². The predicted molar refractivity (Wildman–Crippen MR) is 87.0 cm³/mol. The smallest absolute Gasteiger partial charge is 0.204 e. The molecule has 0 aromatic carbocycles. The summed E-state index contributed by atoms with van der Waals surface area (Å²) in [5, 5.41) is 6.85. The summed E-state index contributed by atoms with van der Waals surface area (Å²) in [5.41, 5.74) is 0.402. The Labute approximate surface area is 127 Å². The van der Waals surface area contributed by atoms with E-state index in [2.05, 4.69) is 41.4 Å². The van der Waals surface area contributed by atoms with Gasteiger partial charge in [-0.25, -0.2) is 9.97 Å². The van der Waals surface area contributed by atoms with Gasteiger partial charge in [-0.2, -0.15) is 0 Å². The molecule has 0 bridgehead atoms. The minimum absolute atomic E-state index is 0.402. The molecule has 1 saturated carbocycles. The molecule has 1 atom stereocenters. The molecular weight excluding hydrogens is 264 g/mol. The van der Waals surface area contributed by atoms with Crippen LogP contribution in [0.5, 0.6) is 5.75 Å². The predicted octanol–water partition coefficient (Wildman–Crippen LogP) is 3.69. The molecule has 2 N–H and O–H groups in total. The molecule has 1 unspecified atom stereocenters. The highest BCUT2D eigenvalue weighted by molar-refractivity contribution is 5.63. The minimum atomic E-state index is 0.402. The van der Waals surface area contributed by atoms with Gasteiger partial charge in [0.1, 0.15) is 6.33 Å². The van der Waals surface area contributed by atoms with Crippen LogP contribution in [-0.2, 0) is 0 Å². The van der Waals surface area contributed by atoms with Gasteiger partial charge in [-0.15, -0.1) is 0 Å². The highest BCUT2D eigenvalue weighted by atomic mass is 16.5. The zero-order chi connectivity index (χ0) is 15.3. The number of aromatic nitrogens is 2. The molecule has 5 nitrogen and oxygen atoms in total. The van der Waals surface area contributed by atoms with Gasteiger partial charge >= 0.3 is 0 Å². The first kappa shape index (κ1) is 15.9. The van der Waals surface area contributed by atoms with Crippen LogP contribution in [0.15, 0.2) is 6.33 Å². The van der Waals surface area contributed by atoms with Gasteiger partial charge in [0.2, 0.25) is 5.75 Å². The topological polar surface area (TPSA) is 59.1 Å². The van der Waals surface area contributed by atoms with Crippen LogP contribution in [0.2, 0.25) is 0 Å². The molecule has 0 radical (unpaired) electrons. The van der Waals surface area contributed by atoms with Gasteiger partial charge in [-0.1, -0.05) is 27.2 Å². The van der Waals surface area contributed by atoms with E-state index in [4.69, 9.17) is 4.74 Å². The summed E-state index contributed by atoms with van der Waals surface area (Å²) in [5.74, 6) is 2.29. The largest absolute Gasteiger partial charge is 0.490 e. The molecular formula is C16H28N4O. The first-order valence-electron chi connectivity index (χ1n) is 7.95. The number of ether oxygens (including phenoxy) is 1. The van der Waals surface area contributed by atoms with Crippen molar-refractivity contribution in [2.24, 2.45) is 5.41 Å². The summed E-state index contributed by atoms with van der Waals surface area (Å²) in [4.78, 5) is 8.66. The number of methoxy groups -OCH3 is 1. The molecule has 1 aromatic heterocycles. The van der Waals surface area contributed by atoms with E-state index in [1.165, 1.54) is 19.3 Å². The van der Waals surface area contributed by atoms with E-state index in [1.54, 1.807) is 13.4 Å². The van der Waals surface area contributed by atoms with Gasteiger partial charge in [-0.3, -0.25) is 0 Å². The summed E-state index contributed by atoms with van der Waals surface area (Å²) < 4.78 is 5.52. The van der Waals surface area contributed by atoms with E-state index in [-0.39, 0.29) is 0 Å². The molecule has 1 heterocycles. The monoisotopic (exact) mass is 292 g/mol. The van der Waals surface area contributed by atoms with Crippen LogP contribution >= 0.6 is 0 Å². The second-order valence-corrected chi connectivity index (χ2v) is 6.63. The van der Waals surface area contributed by atoms with Crippen LogP contribution in [0.3, 0.4) is 0 Å². The Morgan fingerprint density at radius 2 is 2.10 bits per heavy atom. The van der Waals surface area contributed by atoms with Crippen molar-refractivity contribution >= 4 is 11.6 Å². The second kappa shape index (κ2) is 6.96. The van der Waals surface area contributed by atoms with Gasteiger partial charge in [0.05, 0.1) is 7.11 Å². The van der Waals surface area contributed by atoms with Crippen LogP contribution < -0.4 is 15.4 Å². The van der Waals surface area contributed by atoms with E-state index >= 15 is 0 Å². The third-order valence-electron chi connectivity index (χ3n) is 4.10. The lowest BCUT2D eigenvalue weighted by atomic mass is 9.75. The lowest BCUT2D eigenvalue weighted by Gasteiger charge is -2.36. The molecule has 0 amide bonds. The summed E-state index contributed by atoms with van der Waals surface area (Å²) in [6.07, 6.45) is 7.56. The molecule has 2 rings (SSSR count). The Kier molecular flexibility index (Phi) is 5.26. The van der Waals surface area contributed by atoms with E-state index in [1.807, 2.05) is 0 Å². The minimum Gasteiger partial charge on any atom is -0.490 e. The van der Waals surface area contributed by atoms with Crippen molar-refractivity contribution in [1.82, 2.24) is 9.97 Å². The number of hydrogen-bond donors (Lipinski definition) is 2. The van der Waals surface area contributed by atoms with Crippen LogP contribution in [0.25, 0.3) is 0 Å². The molecule has 0 aliphatic heterocycles. The molecule has 1 fully saturated rings. The number of rotatable bonds is 6. The Hall–Kier alpha value is -1.52. The maximum absolute atomic E-state index is 5.52. The number of nitrogens with one attached hydrogen (secondary N) is 2. The van der Waals surface area contributed by atoms with Crippen molar-refractivity contribution in [1.29, 1.82) is 0 Å². The van der Waals surface area contributed by atoms with Gasteiger partial charge in [-0.05, 0) is 31.1 Å². The first-order valence-corrected chi connectivity index (χ1v) is 7.95. The summed E-state index contributed by atoms with van der Waals surface area (Å²) >= 11 is 0. The number of hydrogen-bond acceptors (Lipinski definition) is 5. The van der Waals surface area contributed by atoms with Gasteiger partial charge < -0.3 is 15.4 Å². The number of anilines is 2. The van der Waals surface area contributed by atoms with Crippen molar-refractivity contribution in [3.63, 3.8) is 0 Å². The van der Waals surface area contributed by atoms with E-state index < -0.39 is 0 Å². The molecule has 1 aliphatic carbocycles. The molecule has 0 spiro atoms. The van der Waals surface area contributed by atoms with Crippen molar-refractivity contribution < 1.29 is 4.74 Å². The summed E-state index contributed by atoms with van der Waals surface area (Å²) in [6, 6.07) is 0.455. The summed E-state index contributed by atoms with van der Waals surface area (Å²) in [6.45, 7) is 7.69. The zero-order valence-corrected chi connectivity index (χ0v) is 13.7. The first-order chi connectivity index (χ1) is 10.1. The highest BCUT2D eigenvalue weighted by Crippen LogP contribution is 2.38. The van der Waals surface area contributed by atoms with Crippen LogP contribution in [0, 0.1) is 5.41 Å². The fraction of sp³-hybridized carbons (Fsp3) is 0.750. The fourth-order valence-electron chi connectivity index (χ4n) is 3.05. The van der Waals surface area contributed by atoms with Crippen molar-refractivity contribution in [3.05, 3.63) is 6.33 Å². The normalized spacial score (nSPS) is 20.9. The molecule has 21 heavy (non-hydrogen) atoms. The average Bonchev–Trinajstić information content (AvgIpc) is 2.44. The standard InChI is InChI=1S/C16H28N4O/c1-5-9-17-14-13(21-4)15(19-11-18-14)20-12-7-6-8-16(2,3)10-12/h11-12H,5-10H2,1-4H3,(H2,17,18,19,20). The quantitative estimate of drug-likeness (QED) is 0.837. The van der Waals surface area contributed by atoms with Crippen molar-refractivity contribution in [2.45, 2.75) is 58.9 Å². The Balaban J connectivity index is 2.11. The molecule has 5 heteroatoms. The van der Waals surface area contributed by atoms with E-state index in [0.29, 0.717) is 17.2 Å². The Morgan fingerprint density at radius 3 is 2.76 bits per heavy atom. The average molecular weight is 292 g/mol. The molecule has 118 valence electrons. The third kappa shape index (κ3) is 4.22. The maximum atomic E-state index is 5.52. The Morgan fingerprint density at radius 1 is 1.33 bits per heavy atom. The van der Waals surface area contributed by atoms with Gasteiger partial charge in [0.25, 0.3) is 0 Å². The van der Waals surface area contributed by atoms with Gasteiger partial charge in [0, 0.05) is 12.6 Å². The maximum Gasteiger partial charge on any atom is 0.204 e. The Bertz CT molecular complexity index is 462. The van der Waals surface area contributed by atoms with Crippen LogP contribution in [-0.4, -0.2) is 29.7 Å². The lowest BCUT2D eigenvalue weighted by Crippen LogP contribution is -2.32. The second-order valence-electron chi connectivity index (χ2n) is 6.63. The van der Waals surface area contributed by atoms with Crippen molar-refractivity contribution in [3.8, 4) is 5.75 Å². The summed E-state index contributed by atoms with van der Waals surface area (Å²) in [7, 11) is 1.67. The lowest BCUT2D eigenvalue weighted by molar-refractivity contribution is 0.229. The zero-order valence-electron chi connectivity index (χ0n) is 13.7. The molecule has 0 saturated heterocycles. The van der Waals surface area contributed by atoms with Gasteiger partial charge in [0.15, 0.2) is 11.6 Å². The van der Waals surface area contributed by atoms with E-state index in [9.17, 15) is 0 Å². The fourth-order valence-corrected chi connectivity index (χ4v) is 3.05. The third-order valence-corrected chi connectivity index (χ3v) is 4.10. The van der Waals surface area contributed by atoms with Crippen LogP contribution in [0.4, 0.5) is 11.6 Å². The molecule has 1 aromatic rings.